The first kappa shape index (κ1) is 15.2. The summed E-state index contributed by atoms with van der Waals surface area (Å²) in [5, 5.41) is 6.17. The van der Waals surface area contributed by atoms with Crippen LogP contribution in [0.25, 0.3) is 0 Å². The van der Waals surface area contributed by atoms with E-state index in [9.17, 15) is 17.1 Å². The predicted octanol–water partition coefficient (Wildman–Crippen LogP) is 1.65. The number of hydrogen-bond acceptors (Lipinski definition) is 5. The summed E-state index contributed by atoms with van der Waals surface area (Å²) in [4.78, 5) is 14.7. The molecule has 0 aromatic carbocycles. The molecule has 1 fully saturated rings. The van der Waals surface area contributed by atoms with Gasteiger partial charge in [-0.05, 0) is 11.4 Å². The summed E-state index contributed by atoms with van der Waals surface area (Å²) in [5.41, 5.74) is 0. The van der Waals surface area contributed by atoms with E-state index < -0.39 is 21.9 Å². The molecule has 1 aliphatic rings. The summed E-state index contributed by atoms with van der Waals surface area (Å²) in [5.74, 6) is -0.736. The van der Waals surface area contributed by atoms with Crippen molar-refractivity contribution in [3.05, 3.63) is 34.7 Å². The number of rotatable bonds is 5. The van der Waals surface area contributed by atoms with Gasteiger partial charge in [0.05, 0.1) is 18.5 Å². The third kappa shape index (κ3) is 3.36. The zero-order valence-electron chi connectivity index (χ0n) is 11.6. The first-order chi connectivity index (χ1) is 10.4. The van der Waals surface area contributed by atoms with Crippen molar-refractivity contribution in [1.29, 1.82) is 0 Å². The molecule has 1 atom stereocenters. The van der Waals surface area contributed by atoms with Gasteiger partial charge in [-0.2, -0.15) is 13.5 Å². The van der Waals surface area contributed by atoms with E-state index in [0.717, 1.165) is 4.88 Å². The maximum Gasteiger partial charge on any atom is 0.302 e. The number of nitrogens with zero attached hydrogens (tertiary/aromatic N) is 3. The normalized spacial score (nSPS) is 19.0. The summed E-state index contributed by atoms with van der Waals surface area (Å²) in [6.07, 6.45) is 1.63. The lowest BCUT2D eigenvalue weighted by Crippen LogP contribution is -2.28. The standard InChI is InChI=1S/C13H14FN3O3S2/c14-22(19,20)9-10-6-13(18)16(7-10)12-3-4-15-17(12)8-11-2-1-5-21-11/h1-5,10H,6-9H2. The molecule has 0 spiro atoms. The number of anilines is 1. The van der Waals surface area contributed by atoms with E-state index in [-0.39, 0.29) is 18.9 Å². The highest BCUT2D eigenvalue weighted by Crippen LogP contribution is 2.27. The molecular weight excluding hydrogens is 329 g/mol. The minimum atomic E-state index is -4.57. The van der Waals surface area contributed by atoms with Gasteiger partial charge in [-0.3, -0.25) is 9.69 Å². The molecule has 2 aromatic heterocycles. The highest BCUT2D eigenvalue weighted by atomic mass is 32.3. The molecule has 1 saturated heterocycles. The molecule has 0 saturated carbocycles. The lowest BCUT2D eigenvalue weighted by atomic mass is 10.1. The minimum Gasteiger partial charge on any atom is -0.297 e. The van der Waals surface area contributed by atoms with Gasteiger partial charge in [0.25, 0.3) is 0 Å². The molecule has 6 nitrogen and oxygen atoms in total. The number of carbonyl (C=O) groups is 1. The van der Waals surface area contributed by atoms with Gasteiger partial charge in [0.1, 0.15) is 5.82 Å². The highest BCUT2D eigenvalue weighted by Gasteiger charge is 2.35. The topological polar surface area (TPSA) is 72.3 Å². The Morgan fingerprint density at radius 2 is 2.23 bits per heavy atom. The SMILES string of the molecule is O=C1CC(CS(=O)(=O)F)CN1c1ccnn1Cc1cccs1. The fourth-order valence-corrected chi connectivity index (χ4v) is 4.10. The van der Waals surface area contributed by atoms with Gasteiger partial charge in [0, 0.05) is 29.8 Å². The first-order valence-corrected chi connectivity index (χ1v) is 9.12. The maximum absolute atomic E-state index is 12.8. The molecule has 2 aromatic rings. The van der Waals surface area contributed by atoms with Crippen molar-refractivity contribution in [3.8, 4) is 0 Å². The second kappa shape index (κ2) is 5.81. The van der Waals surface area contributed by atoms with E-state index in [1.807, 2.05) is 17.5 Å². The van der Waals surface area contributed by atoms with E-state index >= 15 is 0 Å². The number of carbonyl (C=O) groups excluding carboxylic acids is 1. The van der Waals surface area contributed by atoms with Crippen LogP contribution in [0.3, 0.4) is 0 Å². The van der Waals surface area contributed by atoms with Crippen LogP contribution in [0.15, 0.2) is 29.8 Å². The Balaban J connectivity index is 1.77. The average Bonchev–Trinajstić information content (AvgIpc) is 3.10. The summed E-state index contributed by atoms with van der Waals surface area (Å²) in [7, 11) is -4.57. The van der Waals surface area contributed by atoms with Crippen molar-refractivity contribution in [2.75, 3.05) is 17.2 Å². The molecule has 3 rings (SSSR count). The molecule has 0 bridgehead atoms. The van der Waals surface area contributed by atoms with E-state index in [2.05, 4.69) is 5.10 Å². The monoisotopic (exact) mass is 343 g/mol. The molecule has 1 amide bonds. The number of hydrogen-bond donors (Lipinski definition) is 0. The maximum atomic E-state index is 12.8. The number of aromatic nitrogens is 2. The molecule has 1 aliphatic heterocycles. The van der Waals surface area contributed by atoms with Crippen molar-refractivity contribution >= 4 is 33.3 Å². The lowest BCUT2D eigenvalue weighted by Gasteiger charge is -2.17. The van der Waals surface area contributed by atoms with Gasteiger partial charge >= 0.3 is 10.2 Å². The van der Waals surface area contributed by atoms with Crippen molar-refractivity contribution in [2.45, 2.75) is 13.0 Å². The molecule has 0 N–H and O–H groups in total. The van der Waals surface area contributed by atoms with Crippen LogP contribution in [0.4, 0.5) is 9.70 Å². The van der Waals surface area contributed by atoms with Crippen LogP contribution in [0.2, 0.25) is 0 Å². The number of thiophene rings is 1. The fourth-order valence-electron chi connectivity index (χ4n) is 2.62. The molecule has 118 valence electrons. The largest absolute Gasteiger partial charge is 0.302 e. The lowest BCUT2D eigenvalue weighted by molar-refractivity contribution is -0.117. The second-order valence-electron chi connectivity index (χ2n) is 5.21. The van der Waals surface area contributed by atoms with Crippen molar-refractivity contribution in [2.24, 2.45) is 5.92 Å². The molecule has 9 heteroatoms. The van der Waals surface area contributed by atoms with Gasteiger partial charge in [0.15, 0.2) is 0 Å². The average molecular weight is 343 g/mol. The van der Waals surface area contributed by atoms with Crippen molar-refractivity contribution < 1.29 is 17.1 Å². The van der Waals surface area contributed by atoms with Crippen LogP contribution in [-0.4, -0.2) is 36.4 Å². The number of amides is 1. The van der Waals surface area contributed by atoms with Crippen molar-refractivity contribution in [1.82, 2.24) is 9.78 Å². The molecule has 0 aliphatic carbocycles. The van der Waals surface area contributed by atoms with Gasteiger partial charge in [0.2, 0.25) is 5.91 Å². The van der Waals surface area contributed by atoms with E-state index in [4.69, 9.17) is 0 Å². The quantitative estimate of drug-likeness (QED) is 0.774. The molecule has 3 heterocycles. The Hall–Kier alpha value is -1.74. The molecular formula is C13H14FN3O3S2. The Bertz CT molecular complexity index is 770. The second-order valence-corrected chi connectivity index (χ2v) is 7.65. The zero-order valence-corrected chi connectivity index (χ0v) is 13.2. The van der Waals surface area contributed by atoms with Crippen LogP contribution < -0.4 is 4.90 Å². The Morgan fingerprint density at radius 1 is 1.41 bits per heavy atom. The summed E-state index contributed by atoms with van der Waals surface area (Å²) in [6.45, 7) is 0.730. The first-order valence-electron chi connectivity index (χ1n) is 6.69. The van der Waals surface area contributed by atoms with Gasteiger partial charge in [-0.1, -0.05) is 6.07 Å². The van der Waals surface area contributed by atoms with Gasteiger partial charge < -0.3 is 0 Å². The third-order valence-electron chi connectivity index (χ3n) is 3.50. The fraction of sp³-hybridized carbons (Fsp3) is 0.385. The zero-order chi connectivity index (χ0) is 15.7. The predicted molar refractivity (Wildman–Crippen MR) is 81.0 cm³/mol. The Morgan fingerprint density at radius 3 is 2.91 bits per heavy atom. The smallest absolute Gasteiger partial charge is 0.297 e. The third-order valence-corrected chi connectivity index (χ3v) is 5.23. The Kier molecular flexibility index (Phi) is 4.00. The molecule has 1 unspecified atom stereocenters. The van der Waals surface area contributed by atoms with E-state index in [1.165, 1.54) is 4.90 Å². The van der Waals surface area contributed by atoms with E-state index in [1.54, 1.807) is 28.3 Å². The van der Waals surface area contributed by atoms with Gasteiger partial charge in [-0.15, -0.1) is 15.2 Å². The summed E-state index contributed by atoms with van der Waals surface area (Å²) in [6, 6.07) is 5.62. The van der Waals surface area contributed by atoms with Crippen LogP contribution in [0.1, 0.15) is 11.3 Å². The highest BCUT2D eigenvalue weighted by molar-refractivity contribution is 7.86. The minimum absolute atomic E-state index is 0.0351. The number of halogens is 1. The van der Waals surface area contributed by atoms with Crippen LogP contribution in [-0.2, 0) is 21.6 Å². The van der Waals surface area contributed by atoms with Crippen LogP contribution >= 0.6 is 11.3 Å². The summed E-state index contributed by atoms with van der Waals surface area (Å²) >= 11 is 1.59. The van der Waals surface area contributed by atoms with E-state index in [0.29, 0.717) is 12.4 Å². The molecule has 0 radical (unpaired) electrons. The van der Waals surface area contributed by atoms with Crippen molar-refractivity contribution in [3.63, 3.8) is 0 Å². The van der Waals surface area contributed by atoms with Crippen LogP contribution in [0.5, 0.6) is 0 Å². The molecule has 22 heavy (non-hydrogen) atoms. The van der Waals surface area contributed by atoms with Crippen LogP contribution in [0, 0.1) is 5.92 Å². The summed E-state index contributed by atoms with van der Waals surface area (Å²) < 4.78 is 36.0. The Labute approximate surface area is 131 Å². The van der Waals surface area contributed by atoms with Gasteiger partial charge in [-0.25, -0.2) is 4.68 Å².